The number of aromatic nitrogens is 3. The number of fused-ring (bicyclic) bond motifs is 1. The Morgan fingerprint density at radius 2 is 2.15 bits per heavy atom. The van der Waals surface area contributed by atoms with Gasteiger partial charge in [-0.15, -0.1) is 0 Å². The molecule has 0 fully saturated rings. The number of aryl methyl sites for hydroxylation is 3. The van der Waals surface area contributed by atoms with E-state index in [0.29, 0.717) is 13.2 Å². The number of amides is 1. The van der Waals surface area contributed by atoms with Crippen LogP contribution in [-0.2, 0) is 13.1 Å². The Labute approximate surface area is 153 Å². The number of ether oxygens (including phenoxy) is 1. The van der Waals surface area contributed by atoms with Crippen LogP contribution in [0.25, 0.3) is 10.9 Å². The molecule has 0 atom stereocenters. The average molecular weight is 354 g/mol. The molecular weight excluding hydrogens is 328 g/mol. The predicted molar refractivity (Wildman–Crippen MR) is 103 cm³/mol. The van der Waals surface area contributed by atoms with Gasteiger partial charge in [0.05, 0.1) is 12.9 Å². The lowest BCUT2D eigenvalue weighted by molar-refractivity contribution is 0.0943. The molecule has 3 aromatic rings. The van der Waals surface area contributed by atoms with Crippen molar-refractivity contribution in [1.29, 1.82) is 0 Å². The van der Waals surface area contributed by atoms with E-state index in [2.05, 4.69) is 21.8 Å². The first-order valence-corrected chi connectivity index (χ1v) is 9.15. The summed E-state index contributed by atoms with van der Waals surface area (Å²) in [6.07, 6.45) is 6.34. The minimum atomic E-state index is -0.0239. The van der Waals surface area contributed by atoms with Crippen LogP contribution in [-0.4, -0.2) is 33.2 Å². The first-order valence-electron chi connectivity index (χ1n) is 9.15. The normalized spacial score (nSPS) is 11.0. The third-order valence-electron chi connectivity index (χ3n) is 4.57. The van der Waals surface area contributed by atoms with E-state index >= 15 is 0 Å². The van der Waals surface area contributed by atoms with Gasteiger partial charge in [0.15, 0.2) is 0 Å². The molecule has 2 heterocycles. The fraction of sp³-hybridized carbons (Fsp3) is 0.400. The second-order valence-corrected chi connectivity index (χ2v) is 6.24. The molecule has 26 heavy (non-hydrogen) atoms. The maximum atomic E-state index is 12.8. The molecule has 1 amide bonds. The summed E-state index contributed by atoms with van der Waals surface area (Å²) in [5.41, 5.74) is 2.80. The summed E-state index contributed by atoms with van der Waals surface area (Å²) in [4.78, 5) is 16.8. The van der Waals surface area contributed by atoms with Crippen molar-refractivity contribution in [2.75, 3.05) is 13.2 Å². The van der Waals surface area contributed by atoms with Crippen molar-refractivity contribution in [2.24, 2.45) is 0 Å². The monoisotopic (exact) mass is 354 g/mol. The van der Waals surface area contributed by atoms with Crippen molar-refractivity contribution in [3.8, 4) is 5.75 Å². The maximum absolute atomic E-state index is 12.8. The molecule has 0 saturated heterocycles. The minimum Gasteiger partial charge on any atom is -0.494 e. The summed E-state index contributed by atoms with van der Waals surface area (Å²) >= 11 is 0. The van der Waals surface area contributed by atoms with Crippen LogP contribution < -0.4 is 10.1 Å². The van der Waals surface area contributed by atoms with Gasteiger partial charge in [0.25, 0.3) is 5.91 Å². The first kappa shape index (κ1) is 18.0. The molecule has 138 valence electrons. The topological polar surface area (TPSA) is 61.1 Å². The van der Waals surface area contributed by atoms with Gasteiger partial charge >= 0.3 is 0 Å². The van der Waals surface area contributed by atoms with E-state index in [1.54, 1.807) is 12.5 Å². The molecule has 0 radical (unpaired) electrons. The number of benzene rings is 1. The van der Waals surface area contributed by atoms with Crippen molar-refractivity contribution in [2.45, 2.75) is 40.3 Å². The fourth-order valence-corrected chi connectivity index (χ4v) is 3.35. The van der Waals surface area contributed by atoms with Crippen molar-refractivity contribution >= 4 is 16.8 Å². The zero-order chi connectivity index (χ0) is 18.5. The van der Waals surface area contributed by atoms with Gasteiger partial charge in [-0.1, -0.05) is 0 Å². The van der Waals surface area contributed by atoms with Gasteiger partial charge in [-0.3, -0.25) is 4.79 Å². The van der Waals surface area contributed by atoms with Crippen LogP contribution in [0.15, 0.2) is 36.9 Å². The van der Waals surface area contributed by atoms with Gasteiger partial charge in [0.2, 0.25) is 0 Å². The number of carbonyl (C=O) groups is 1. The second-order valence-electron chi connectivity index (χ2n) is 6.24. The molecule has 0 aliphatic heterocycles. The van der Waals surface area contributed by atoms with Gasteiger partial charge in [0, 0.05) is 42.9 Å². The van der Waals surface area contributed by atoms with E-state index in [1.807, 2.05) is 42.8 Å². The Balaban J connectivity index is 1.76. The van der Waals surface area contributed by atoms with Crippen molar-refractivity contribution in [1.82, 2.24) is 19.4 Å². The van der Waals surface area contributed by atoms with E-state index in [-0.39, 0.29) is 5.91 Å². The standard InChI is InChI=1S/C20H26N4O2/c1-4-24-18-8-7-16(26-5-2)13-17(18)15(3)19(24)20(25)22-9-6-11-23-12-10-21-14-23/h7-8,10,12-14H,4-6,9,11H2,1-3H3,(H,22,25). The van der Waals surface area contributed by atoms with Crippen LogP contribution in [0, 0.1) is 6.92 Å². The molecule has 0 bridgehead atoms. The third-order valence-corrected chi connectivity index (χ3v) is 4.57. The molecule has 6 heteroatoms. The third kappa shape index (κ3) is 3.59. The minimum absolute atomic E-state index is 0.0239. The zero-order valence-electron chi connectivity index (χ0n) is 15.7. The van der Waals surface area contributed by atoms with Gasteiger partial charge < -0.3 is 19.2 Å². The number of imidazole rings is 1. The Bertz CT molecular complexity index is 881. The lowest BCUT2D eigenvalue weighted by Crippen LogP contribution is -2.28. The summed E-state index contributed by atoms with van der Waals surface area (Å²) in [7, 11) is 0. The number of nitrogens with zero attached hydrogens (tertiary/aromatic N) is 3. The van der Waals surface area contributed by atoms with Crippen LogP contribution in [0.4, 0.5) is 0 Å². The molecular formula is C20H26N4O2. The highest BCUT2D eigenvalue weighted by Crippen LogP contribution is 2.29. The number of carbonyl (C=O) groups excluding carboxylic acids is 1. The molecule has 6 nitrogen and oxygen atoms in total. The quantitative estimate of drug-likeness (QED) is 0.631. The lowest BCUT2D eigenvalue weighted by Gasteiger charge is -2.10. The Kier molecular flexibility index (Phi) is 5.61. The van der Waals surface area contributed by atoms with Crippen molar-refractivity contribution in [3.05, 3.63) is 48.2 Å². The fourth-order valence-electron chi connectivity index (χ4n) is 3.35. The average Bonchev–Trinajstić information content (AvgIpc) is 3.25. The highest BCUT2D eigenvalue weighted by molar-refractivity contribution is 6.02. The number of hydrogen-bond acceptors (Lipinski definition) is 3. The van der Waals surface area contributed by atoms with Crippen LogP contribution >= 0.6 is 0 Å². The summed E-state index contributed by atoms with van der Waals surface area (Å²) in [5, 5.41) is 4.12. The lowest BCUT2D eigenvalue weighted by atomic mass is 10.1. The maximum Gasteiger partial charge on any atom is 0.268 e. The highest BCUT2D eigenvalue weighted by atomic mass is 16.5. The summed E-state index contributed by atoms with van der Waals surface area (Å²) in [6.45, 7) is 8.88. The van der Waals surface area contributed by atoms with E-state index in [9.17, 15) is 4.79 Å². The highest BCUT2D eigenvalue weighted by Gasteiger charge is 2.19. The predicted octanol–water partition coefficient (Wildman–Crippen LogP) is 3.38. The van der Waals surface area contributed by atoms with Gasteiger partial charge in [0.1, 0.15) is 11.4 Å². The molecule has 0 unspecified atom stereocenters. The van der Waals surface area contributed by atoms with E-state index < -0.39 is 0 Å². The molecule has 1 aromatic carbocycles. The van der Waals surface area contributed by atoms with Crippen molar-refractivity contribution < 1.29 is 9.53 Å². The molecule has 1 N–H and O–H groups in total. The smallest absolute Gasteiger partial charge is 0.268 e. The summed E-state index contributed by atoms with van der Waals surface area (Å²) < 4.78 is 9.69. The molecule has 0 aliphatic rings. The van der Waals surface area contributed by atoms with E-state index in [1.165, 1.54) is 0 Å². The molecule has 3 rings (SSSR count). The molecule has 2 aromatic heterocycles. The SMILES string of the molecule is CCOc1ccc2c(c1)c(C)c(C(=O)NCCCn1ccnc1)n2CC. The molecule has 0 spiro atoms. The van der Waals surface area contributed by atoms with Gasteiger partial charge in [-0.2, -0.15) is 0 Å². The van der Waals surface area contributed by atoms with Gasteiger partial charge in [-0.05, 0) is 51.0 Å². The van der Waals surface area contributed by atoms with Crippen LogP contribution in [0.5, 0.6) is 5.75 Å². The Hall–Kier alpha value is -2.76. The number of nitrogens with one attached hydrogen (secondary N) is 1. The van der Waals surface area contributed by atoms with Crippen LogP contribution in [0.2, 0.25) is 0 Å². The van der Waals surface area contributed by atoms with Crippen molar-refractivity contribution in [3.63, 3.8) is 0 Å². The molecule has 0 aliphatic carbocycles. The van der Waals surface area contributed by atoms with E-state index in [4.69, 9.17) is 4.74 Å². The second kappa shape index (κ2) is 8.08. The largest absolute Gasteiger partial charge is 0.494 e. The summed E-state index contributed by atoms with van der Waals surface area (Å²) in [5.74, 6) is 0.813. The van der Waals surface area contributed by atoms with E-state index in [0.717, 1.165) is 47.4 Å². The first-order chi connectivity index (χ1) is 12.7. The number of hydrogen-bond donors (Lipinski definition) is 1. The van der Waals surface area contributed by atoms with Gasteiger partial charge in [-0.25, -0.2) is 4.98 Å². The summed E-state index contributed by atoms with van der Waals surface area (Å²) in [6, 6.07) is 6.02. The molecule has 0 saturated carbocycles. The Morgan fingerprint density at radius 3 is 2.85 bits per heavy atom. The van der Waals surface area contributed by atoms with Crippen LogP contribution in [0.1, 0.15) is 36.3 Å². The Morgan fingerprint density at radius 1 is 1.31 bits per heavy atom. The zero-order valence-corrected chi connectivity index (χ0v) is 15.7. The number of rotatable bonds is 8. The van der Waals surface area contributed by atoms with Crippen LogP contribution in [0.3, 0.4) is 0 Å².